The largest absolute Gasteiger partial charge is 0.475 e. The van der Waals surface area contributed by atoms with E-state index in [4.69, 9.17) is 9.47 Å². The Hall–Kier alpha value is -2.43. The Kier molecular flexibility index (Phi) is 3.81. The Morgan fingerprint density at radius 2 is 2.10 bits per heavy atom. The third-order valence-electron chi connectivity index (χ3n) is 3.29. The SMILES string of the molecule is CC(C)[C@H]1COC(c2cccnc2Oc2cccnc2)=N1. The molecule has 0 N–H and O–H groups in total. The van der Waals surface area contributed by atoms with E-state index >= 15 is 0 Å². The summed E-state index contributed by atoms with van der Waals surface area (Å²) >= 11 is 0. The van der Waals surface area contributed by atoms with Gasteiger partial charge in [-0.25, -0.2) is 9.98 Å². The number of rotatable bonds is 4. The molecule has 0 fully saturated rings. The van der Waals surface area contributed by atoms with Crippen molar-refractivity contribution in [3.8, 4) is 11.6 Å². The van der Waals surface area contributed by atoms with Gasteiger partial charge < -0.3 is 9.47 Å². The monoisotopic (exact) mass is 283 g/mol. The number of pyridine rings is 2. The van der Waals surface area contributed by atoms with Gasteiger partial charge in [-0.15, -0.1) is 0 Å². The average molecular weight is 283 g/mol. The maximum Gasteiger partial charge on any atom is 0.232 e. The quantitative estimate of drug-likeness (QED) is 0.865. The summed E-state index contributed by atoms with van der Waals surface area (Å²) in [6, 6.07) is 7.59. The summed E-state index contributed by atoms with van der Waals surface area (Å²) in [5.74, 6) is 2.16. The number of aromatic nitrogens is 2. The molecule has 0 spiro atoms. The van der Waals surface area contributed by atoms with Crippen LogP contribution in [0.15, 0.2) is 47.8 Å². The van der Waals surface area contributed by atoms with Gasteiger partial charge in [-0.3, -0.25) is 4.98 Å². The lowest BCUT2D eigenvalue weighted by Crippen LogP contribution is -2.13. The number of aliphatic imine (C=N–C) groups is 1. The molecule has 5 nitrogen and oxygen atoms in total. The molecule has 5 heteroatoms. The topological polar surface area (TPSA) is 56.6 Å². The van der Waals surface area contributed by atoms with Crippen molar-refractivity contribution in [1.29, 1.82) is 0 Å². The van der Waals surface area contributed by atoms with Crippen LogP contribution in [-0.4, -0.2) is 28.5 Å². The molecule has 1 aliphatic rings. The molecule has 108 valence electrons. The van der Waals surface area contributed by atoms with Crippen molar-refractivity contribution in [2.24, 2.45) is 10.9 Å². The fourth-order valence-electron chi connectivity index (χ4n) is 2.03. The predicted octanol–water partition coefficient (Wildman–Crippen LogP) is 3.07. The lowest BCUT2D eigenvalue weighted by atomic mass is 10.1. The lowest BCUT2D eigenvalue weighted by molar-refractivity contribution is 0.291. The maximum absolute atomic E-state index is 5.78. The van der Waals surface area contributed by atoms with Crippen molar-refractivity contribution in [2.75, 3.05) is 6.61 Å². The molecule has 0 saturated carbocycles. The van der Waals surface area contributed by atoms with Crippen molar-refractivity contribution in [2.45, 2.75) is 19.9 Å². The highest BCUT2D eigenvalue weighted by Crippen LogP contribution is 2.26. The molecular weight excluding hydrogens is 266 g/mol. The Balaban J connectivity index is 1.88. The lowest BCUT2D eigenvalue weighted by Gasteiger charge is -2.08. The van der Waals surface area contributed by atoms with E-state index < -0.39 is 0 Å². The second-order valence-corrected chi connectivity index (χ2v) is 5.20. The van der Waals surface area contributed by atoms with Gasteiger partial charge in [-0.1, -0.05) is 13.8 Å². The van der Waals surface area contributed by atoms with E-state index in [0.29, 0.717) is 30.1 Å². The first kappa shape index (κ1) is 13.5. The number of hydrogen-bond donors (Lipinski definition) is 0. The minimum absolute atomic E-state index is 0.187. The molecule has 3 rings (SSSR count). The standard InChI is InChI=1S/C16H17N3O2/c1-11(2)14-10-20-16(19-14)13-6-4-8-18-15(13)21-12-5-3-7-17-9-12/h3-9,11,14H,10H2,1-2H3/t14-/m1/s1. The molecule has 21 heavy (non-hydrogen) atoms. The molecular formula is C16H17N3O2. The Bertz CT molecular complexity index is 641. The molecule has 0 saturated heterocycles. The van der Waals surface area contributed by atoms with Gasteiger partial charge in [0.2, 0.25) is 11.8 Å². The van der Waals surface area contributed by atoms with Gasteiger partial charge in [-0.05, 0) is 30.2 Å². The van der Waals surface area contributed by atoms with Crippen molar-refractivity contribution in [3.05, 3.63) is 48.4 Å². The van der Waals surface area contributed by atoms with E-state index in [9.17, 15) is 0 Å². The zero-order valence-electron chi connectivity index (χ0n) is 12.1. The van der Waals surface area contributed by atoms with Crippen LogP contribution >= 0.6 is 0 Å². The third kappa shape index (κ3) is 3.02. The van der Waals surface area contributed by atoms with Crippen molar-refractivity contribution < 1.29 is 9.47 Å². The summed E-state index contributed by atoms with van der Waals surface area (Å²) < 4.78 is 11.5. The van der Waals surface area contributed by atoms with Crippen LogP contribution in [-0.2, 0) is 4.74 Å². The highest BCUT2D eigenvalue weighted by molar-refractivity contribution is 5.97. The third-order valence-corrected chi connectivity index (χ3v) is 3.29. The first-order chi connectivity index (χ1) is 10.2. The summed E-state index contributed by atoms with van der Waals surface area (Å²) in [6.45, 7) is 4.88. The summed E-state index contributed by atoms with van der Waals surface area (Å²) in [7, 11) is 0. The van der Waals surface area contributed by atoms with Gasteiger partial charge in [0.05, 0.1) is 17.8 Å². The van der Waals surface area contributed by atoms with Gasteiger partial charge in [-0.2, -0.15) is 0 Å². The molecule has 3 heterocycles. The molecule has 0 amide bonds. The second-order valence-electron chi connectivity index (χ2n) is 5.20. The summed E-state index contributed by atoms with van der Waals surface area (Å²) in [6.07, 6.45) is 5.03. The van der Waals surface area contributed by atoms with Crippen LogP contribution in [0.2, 0.25) is 0 Å². The zero-order chi connectivity index (χ0) is 14.7. The van der Waals surface area contributed by atoms with E-state index in [2.05, 4.69) is 28.8 Å². The Labute approximate surface area is 123 Å². The summed E-state index contributed by atoms with van der Waals surface area (Å²) in [5, 5.41) is 0. The Morgan fingerprint density at radius 3 is 2.81 bits per heavy atom. The average Bonchev–Trinajstić information content (AvgIpc) is 2.99. The zero-order valence-corrected chi connectivity index (χ0v) is 12.1. The van der Waals surface area contributed by atoms with Crippen molar-refractivity contribution >= 4 is 5.90 Å². The minimum atomic E-state index is 0.187. The van der Waals surface area contributed by atoms with E-state index in [0.717, 1.165) is 5.56 Å². The van der Waals surface area contributed by atoms with Crippen LogP contribution in [0.25, 0.3) is 0 Å². The van der Waals surface area contributed by atoms with E-state index in [1.807, 2.05) is 24.3 Å². The predicted molar refractivity (Wildman–Crippen MR) is 79.7 cm³/mol. The Morgan fingerprint density at radius 1 is 1.24 bits per heavy atom. The summed E-state index contributed by atoms with van der Waals surface area (Å²) in [5.41, 5.74) is 0.768. The number of ether oxygens (including phenoxy) is 2. The number of nitrogens with zero attached hydrogens (tertiary/aromatic N) is 3. The van der Waals surface area contributed by atoms with Gasteiger partial charge in [0.25, 0.3) is 0 Å². The van der Waals surface area contributed by atoms with Crippen LogP contribution in [0.4, 0.5) is 0 Å². The molecule has 1 aliphatic heterocycles. The minimum Gasteiger partial charge on any atom is -0.475 e. The highest BCUT2D eigenvalue weighted by atomic mass is 16.5. The van der Waals surface area contributed by atoms with Crippen molar-refractivity contribution in [1.82, 2.24) is 9.97 Å². The normalized spacial score (nSPS) is 17.5. The first-order valence-electron chi connectivity index (χ1n) is 6.98. The van der Waals surface area contributed by atoms with Crippen LogP contribution in [0, 0.1) is 5.92 Å². The van der Waals surface area contributed by atoms with Gasteiger partial charge in [0.15, 0.2) is 0 Å². The second kappa shape index (κ2) is 5.91. The van der Waals surface area contributed by atoms with E-state index in [-0.39, 0.29) is 6.04 Å². The van der Waals surface area contributed by atoms with Gasteiger partial charge in [0.1, 0.15) is 12.4 Å². The molecule has 2 aromatic heterocycles. The van der Waals surface area contributed by atoms with Gasteiger partial charge >= 0.3 is 0 Å². The summed E-state index contributed by atoms with van der Waals surface area (Å²) in [4.78, 5) is 12.9. The molecule has 1 atom stereocenters. The van der Waals surface area contributed by atoms with Crippen molar-refractivity contribution in [3.63, 3.8) is 0 Å². The molecule has 2 aromatic rings. The fourth-order valence-corrected chi connectivity index (χ4v) is 2.03. The fraction of sp³-hybridized carbons (Fsp3) is 0.312. The molecule has 0 bridgehead atoms. The van der Waals surface area contributed by atoms with Crippen LogP contribution in [0.3, 0.4) is 0 Å². The van der Waals surface area contributed by atoms with Gasteiger partial charge in [0, 0.05) is 12.4 Å². The molecule has 0 aliphatic carbocycles. The van der Waals surface area contributed by atoms with Crippen LogP contribution in [0.1, 0.15) is 19.4 Å². The molecule has 0 unspecified atom stereocenters. The smallest absolute Gasteiger partial charge is 0.232 e. The van der Waals surface area contributed by atoms with E-state index in [1.54, 1.807) is 18.6 Å². The van der Waals surface area contributed by atoms with E-state index in [1.165, 1.54) is 0 Å². The number of hydrogen-bond acceptors (Lipinski definition) is 5. The molecule has 0 aromatic carbocycles. The molecule has 0 radical (unpaired) electrons. The maximum atomic E-state index is 5.78. The van der Waals surface area contributed by atoms with Crippen LogP contribution in [0.5, 0.6) is 11.6 Å². The highest BCUT2D eigenvalue weighted by Gasteiger charge is 2.25. The van der Waals surface area contributed by atoms with Crippen LogP contribution < -0.4 is 4.74 Å². The first-order valence-corrected chi connectivity index (χ1v) is 6.98.